The van der Waals surface area contributed by atoms with E-state index in [0.29, 0.717) is 22.1 Å². The lowest BCUT2D eigenvalue weighted by atomic mass is 10.1. The summed E-state index contributed by atoms with van der Waals surface area (Å²) in [6, 6.07) is 12.9. The molecule has 0 aliphatic rings. The molecule has 0 aliphatic carbocycles. The molecule has 1 N–H and O–H groups in total. The smallest absolute Gasteiger partial charge is 0.251 e. The number of methoxy groups -OCH3 is 1. The monoisotopic (exact) mass is 347 g/mol. The fraction of sp³-hybridized carbons (Fsp3) is 0.316. The van der Waals surface area contributed by atoms with Crippen LogP contribution in [0.15, 0.2) is 42.5 Å². The fourth-order valence-corrected chi connectivity index (χ4v) is 2.56. The van der Waals surface area contributed by atoms with E-state index < -0.39 is 0 Å². The Morgan fingerprint density at radius 2 is 1.79 bits per heavy atom. The molecule has 0 aromatic heterocycles. The number of benzene rings is 2. The van der Waals surface area contributed by atoms with E-state index in [2.05, 4.69) is 5.32 Å². The molecule has 0 spiro atoms. The van der Waals surface area contributed by atoms with Crippen LogP contribution in [-0.2, 0) is 0 Å². The van der Waals surface area contributed by atoms with E-state index in [-0.39, 0.29) is 18.1 Å². The van der Waals surface area contributed by atoms with E-state index in [1.54, 1.807) is 12.1 Å². The summed E-state index contributed by atoms with van der Waals surface area (Å²) >= 11 is 6.27. The fourth-order valence-electron chi connectivity index (χ4n) is 2.31. The van der Waals surface area contributed by atoms with E-state index in [9.17, 15) is 4.79 Å². The van der Waals surface area contributed by atoms with Crippen molar-refractivity contribution in [1.29, 1.82) is 0 Å². The minimum atomic E-state index is -0.220. The number of hydrogen-bond donors (Lipinski definition) is 1. The Balaban J connectivity index is 2.22. The molecule has 1 amide bonds. The van der Waals surface area contributed by atoms with Crippen LogP contribution >= 0.6 is 11.6 Å². The van der Waals surface area contributed by atoms with Crippen molar-refractivity contribution in [3.63, 3.8) is 0 Å². The number of carbonyl (C=O) groups excluding carboxylic acids is 1. The van der Waals surface area contributed by atoms with Crippen molar-refractivity contribution in [2.45, 2.75) is 32.9 Å². The molecule has 5 heteroatoms. The average Bonchev–Trinajstić information content (AvgIpc) is 2.56. The van der Waals surface area contributed by atoms with Gasteiger partial charge in [0.1, 0.15) is 0 Å². The number of amides is 1. The summed E-state index contributed by atoms with van der Waals surface area (Å²) in [5, 5.41) is 3.31. The van der Waals surface area contributed by atoms with Crippen LogP contribution in [0.1, 0.15) is 42.7 Å². The van der Waals surface area contributed by atoms with Crippen LogP contribution in [0.25, 0.3) is 0 Å². The van der Waals surface area contributed by atoms with Crippen LogP contribution in [0.5, 0.6) is 11.5 Å². The van der Waals surface area contributed by atoms with E-state index in [1.165, 1.54) is 7.11 Å². The Kier molecular flexibility index (Phi) is 6.10. The first-order chi connectivity index (χ1) is 11.4. The van der Waals surface area contributed by atoms with Gasteiger partial charge in [-0.05, 0) is 38.5 Å². The predicted molar refractivity (Wildman–Crippen MR) is 96.1 cm³/mol. The van der Waals surface area contributed by atoms with Crippen LogP contribution in [0.2, 0.25) is 5.02 Å². The molecule has 1 atom stereocenters. The van der Waals surface area contributed by atoms with Gasteiger partial charge < -0.3 is 14.8 Å². The number of carbonyl (C=O) groups is 1. The number of nitrogens with one attached hydrogen (secondary N) is 1. The molecule has 2 aromatic rings. The van der Waals surface area contributed by atoms with Gasteiger partial charge in [0.2, 0.25) is 0 Å². The lowest BCUT2D eigenvalue weighted by Crippen LogP contribution is -2.26. The first kappa shape index (κ1) is 18.1. The molecule has 0 heterocycles. The first-order valence-electron chi connectivity index (χ1n) is 7.82. The van der Waals surface area contributed by atoms with Gasteiger partial charge in [-0.2, -0.15) is 0 Å². The topological polar surface area (TPSA) is 47.6 Å². The summed E-state index contributed by atoms with van der Waals surface area (Å²) in [7, 11) is 1.52. The third kappa shape index (κ3) is 4.42. The number of rotatable bonds is 6. The van der Waals surface area contributed by atoms with Crippen molar-refractivity contribution in [2.24, 2.45) is 0 Å². The second kappa shape index (κ2) is 8.06. The maximum absolute atomic E-state index is 12.5. The molecule has 0 saturated heterocycles. The van der Waals surface area contributed by atoms with Gasteiger partial charge >= 0.3 is 0 Å². The Labute approximate surface area is 147 Å². The van der Waals surface area contributed by atoms with Crippen molar-refractivity contribution >= 4 is 17.5 Å². The molecule has 0 radical (unpaired) electrons. The van der Waals surface area contributed by atoms with Crippen molar-refractivity contribution < 1.29 is 14.3 Å². The van der Waals surface area contributed by atoms with Crippen LogP contribution in [0.4, 0.5) is 0 Å². The van der Waals surface area contributed by atoms with Gasteiger partial charge in [-0.25, -0.2) is 0 Å². The highest BCUT2D eigenvalue weighted by Crippen LogP contribution is 2.37. The zero-order chi connectivity index (χ0) is 17.7. The number of hydrogen-bond acceptors (Lipinski definition) is 3. The SMILES string of the molecule is COc1cc(C(=O)NC(C)c2ccccc2)cc(Cl)c1OC(C)C. The van der Waals surface area contributed by atoms with Crippen molar-refractivity contribution in [1.82, 2.24) is 5.32 Å². The van der Waals surface area contributed by atoms with Gasteiger partial charge in [-0.3, -0.25) is 4.79 Å². The summed E-state index contributed by atoms with van der Waals surface area (Å²) in [6.45, 7) is 5.73. The minimum Gasteiger partial charge on any atom is -0.493 e. The van der Waals surface area contributed by atoms with Crippen molar-refractivity contribution in [3.05, 3.63) is 58.6 Å². The standard InChI is InChI=1S/C19H22ClNO3/c1-12(2)24-18-16(20)10-15(11-17(18)23-4)19(22)21-13(3)14-8-6-5-7-9-14/h5-13H,1-4H3,(H,21,22). The summed E-state index contributed by atoms with van der Waals surface area (Å²) in [5.41, 5.74) is 1.46. The molecule has 1 unspecified atom stereocenters. The molecule has 2 rings (SSSR count). The zero-order valence-electron chi connectivity index (χ0n) is 14.3. The highest BCUT2D eigenvalue weighted by Gasteiger charge is 2.18. The summed E-state index contributed by atoms with van der Waals surface area (Å²) in [4.78, 5) is 12.5. The van der Waals surface area contributed by atoms with E-state index in [1.807, 2.05) is 51.1 Å². The van der Waals surface area contributed by atoms with Gasteiger partial charge in [0, 0.05) is 5.56 Å². The maximum atomic E-state index is 12.5. The van der Waals surface area contributed by atoms with Crippen LogP contribution in [0.3, 0.4) is 0 Å². The van der Waals surface area contributed by atoms with Crippen molar-refractivity contribution in [2.75, 3.05) is 7.11 Å². The quantitative estimate of drug-likeness (QED) is 0.829. The summed E-state index contributed by atoms with van der Waals surface area (Å²) < 4.78 is 11.0. The van der Waals surface area contributed by atoms with E-state index >= 15 is 0 Å². The lowest BCUT2D eigenvalue weighted by molar-refractivity contribution is 0.0939. The Hall–Kier alpha value is -2.20. The van der Waals surface area contributed by atoms with Crippen molar-refractivity contribution in [3.8, 4) is 11.5 Å². The van der Waals surface area contributed by atoms with E-state index in [0.717, 1.165) is 5.56 Å². The maximum Gasteiger partial charge on any atom is 0.251 e. The van der Waals surface area contributed by atoms with E-state index in [4.69, 9.17) is 21.1 Å². The molecule has 24 heavy (non-hydrogen) atoms. The minimum absolute atomic E-state index is 0.0471. The second-order valence-corrected chi connectivity index (χ2v) is 6.17. The summed E-state index contributed by atoms with van der Waals surface area (Å²) in [5.74, 6) is 0.665. The molecule has 4 nitrogen and oxygen atoms in total. The van der Waals surface area contributed by atoms with Crippen LogP contribution in [-0.4, -0.2) is 19.1 Å². The molecule has 0 bridgehead atoms. The molecule has 2 aromatic carbocycles. The Morgan fingerprint density at radius 3 is 2.38 bits per heavy atom. The Bertz CT molecular complexity index is 701. The highest BCUT2D eigenvalue weighted by atomic mass is 35.5. The van der Waals surface area contributed by atoms with Gasteiger partial charge in [0.05, 0.1) is 24.3 Å². The van der Waals surface area contributed by atoms with Gasteiger partial charge in [0.15, 0.2) is 11.5 Å². The zero-order valence-corrected chi connectivity index (χ0v) is 15.1. The highest BCUT2D eigenvalue weighted by molar-refractivity contribution is 6.32. The second-order valence-electron chi connectivity index (χ2n) is 5.76. The molecule has 128 valence electrons. The van der Waals surface area contributed by atoms with Gasteiger partial charge in [-0.1, -0.05) is 41.9 Å². The normalized spacial score (nSPS) is 11.9. The molecular weight excluding hydrogens is 326 g/mol. The number of halogens is 1. The Morgan fingerprint density at radius 1 is 1.12 bits per heavy atom. The van der Waals surface area contributed by atoms with Crippen LogP contribution < -0.4 is 14.8 Å². The largest absolute Gasteiger partial charge is 0.493 e. The molecule has 0 fully saturated rings. The van der Waals surface area contributed by atoms with Gasteiger partial charge in [0.25, 0.3) is 5.91 Å². The molecular formula is C19H22ClNO3. The third-order valence-corrected chi connectivity index (χ3v) is 3.77. The average molecular weight is 348 g/mol. The first-order valence-corrected chi connectivity index (χ1v) is 8.20. The molecule has 0 aliphatic heterocycles. The molecule has 0 saturated carbocycles. The third-order valence-electron chi connectivity index (χ3n) is 3.49. The lowest BCUT2D eigenvalue weighted by Gasteiger charge is -2.18. The van der Waals surface area contributed by atoms with Gasteiger partial charge in [-0.15, -0.1) is 0 Å². The number of ether oxygens (including phenoxy) is 2. The van der Waals surface area contributed by atoms with Crippen LogP contribution in [0, 0.1) is 0 Å². The summed E-state index contributed by atoms with van der Waals surface area (Å²) in [6.07, 6.45) is -0.0471. The predicted octanol–water partition coefficient (Wildman–Crippen LogP) is 4.63.